The van der Waals surface area contributed by atoms with E-state index < -0.39 is 24.0 Å². The van der Waals surface area contributed by atoms with Gasteiger partial charge in [-0.3, -0.25) is 14.5 Å². The number of ether oxygens (including phenoxy) is 2. The Kier molecular flexibility index (Phi) is 6.09. The van der Waals surface area contributed by atoms with E-state index in [9.17, 15) is 14.4 Å². The van der Waals surface area contributed by atoms with Gasteiger partial charge in [0.25, 0.3) is 0 Å². The first-order valence-corrected chi connectivity index (χ1v) is 9.22. The van der Waals surface area contributed by atoms with Crippen molar-refractivity contribution in [2.45, 2.75) is 26.5 Å². The Balaban J connectivity index is 1.80. The maximum Gasteiger partial charge on any atom is 0.413 e. The molecule has 1 aliphatic rings. The van der Waals surface area contributed by atoms with E-state index in [1.165, 1.54) is 4.90 Å². The SMILES string of the molecule is CC(C)[C@H]1[C@H](C(=O)c2ccccc2)C(=O)OCN1C(=O)OCc1ccccc1. The van der Waals surface area contributed by atoms with Crippen LogP contribution in [0.4, 0.5) is 4.79 Å². The van der Waals surface area contributed by atoms with Crippen LogP contribution >= 0.6 is 0 Å². The van der Waals surface area contributed by atoms with Gasteiger partial charge in [0.15, 0.2) is 12.5 Å². The third kappa shape index (κ3) is 4.22. The lowest BCUT2D eigenvalue weighted by molar-refractivity contribution is -0.165. The van der Waals surface area contributed by atoms with E-state index in [0.717, 1.165) is 5.56 Å². The van der Waals surface area contributed by atoms with Crippen molar-refractivity contribution >= 4 is 17.8 Å². The molecule has 6 heteroatoms. The van der Waals surface area contributed by atoms with Crippen molar-refractivity contribution in [3.8, 4) is 0 Å². The summed E-state index contributed by atoms with van der Waals surface area (Å²) in [5, 5.41) is 0. The third-order valence-corrected chi connectivity index (χ3v) is 4.76. The van der Waals surface area contributed by atoms with Gasteiger partial charge in [-0.05, 0) is 11.5 Å². The Morgan fingerprint density at radius 3 is 2.29 bits per heavy atom. The second-order valence-corrected chi connectivity index (χ2v) is 7.04. The van der Waals surface area contributed by atoms with Gasteiger partial charge in [0.2, 0.25) is 0 Å². The number of cyclic esters (lactones) is 1. The van der Waals surface area contributed by atoms with E-state index in [0.29, 0.717) is 5.56 Å². The monoisotopic (exact) mass is 381 g/mol. The number of hydrogen-bond donors (Lipinski definition) is 0. The predicted octanol–water partition coefficient (Wildman–Crippen LogP) is 3.66. The first-order valence-electron chi connectivity index (χ1n) is 9.22. The number of benzene rings is 2. The molecular formula is C22H23NO5. The molecule has 146 valence electrons. The highest BCUT2D eigenvalue weighted by atomic mass is 16.6. The Hall–Kier alpha value is -3.15. The lowest BCUT2D eigenvalue weighted by Crippen LogP contribution is -2.57. The molecular weight excluding hydrogens is 358 g/mol. The standard InChI is InChI=1S/C22H23NO5/c1-15(2)19-18(20(24)17-11-7-4-8-12-17)21(25)28-14-23(19)22(26)27-13-16-9-5-3-6-10-16/h3-12,15,18-19H,13-14H2,1-2H3/t18-,19+/m1/s1. The van der Waals surface area contributed by atoms with Crippen LogP contribution in [-0.4, -0.2) is 35.5 Å². The number of ketones is 1. The molecule has 0 aliphatic carbocycles. The summed E-state index contributed by atoms with van der Waals surface area (Å²) >= 11 is 0. The fraction of sp³-hybridized carbons (Fsp3) is 0.318. The molecule has 1 fully saturated rings. The first-order chi connectivity index (χ1) is 13.5. The molecule has 1 aliphatic heterocycles. The molecule has 2 atom stereocenters. The Bertz CT molecular complexity index is 835. The quantitative estimate of drug-likeness (QED) is 0.449. The van der Waals surface area contributed by atoms with E-state index in [1.807, 2.05) is 44.2 Å². The zero-order valence-electron chi connectivity index (χ0n) is 15.9. The van der Waals surface area contributed by atoms with Gasteiger partial charge in [0.05, 0.1) is 6.04 Å². The van der Waals surface area contributed by atoms with Crippen molar-refractivity contribution in [2.75, 3.05) is 6.73 Å². The average Bonchev–Trinajstić information content (AvgIpc) is 2.72. The molecule has 0 aromatic heterocycles. The number of esters is 1. The summed E-state index contributed by atoms with van der Waals surface area (Å²) in [6.45, 7) is 3.61. The molecule has 2 aromatic carbocycles. The highest BCUT2D eigenvalue weighted by Crippen LogP contribution is 2.29. The van der Waals surface area contributed by atoms with Crippen LogP contribution in [0.25, 0.3) is 0 Å². The molecule has 0 N–H and O–H groups in total. The largest absolute Gasteiger partial charge is 0.444 e. The van der Waals surface area contributed by atoms with Gasteiger partial charge in [-0.1, -0.05) is 74.5 Å². The van der Waals surface area contributed by atoms with Crippen molar-refractivity contribution in [1.29, 1.82) is 0 Å². The average molecular weight is 381 g/mol. The van der Waals surface area contributed by atoms with Crippen LogP contribution in [0.15, 0.2) is 60.7 Å². The second-order valence-electron chi connectivity index (χ2n) is 7.04. The minimum atomic E-state index is -1.08. The van der Waals surface area contributed by atoms with Crippen LogP contribution in [0.2, 0.25) is 0 Å². The summed E-state index contributed by atoms with van der Waals surface area (Å²) in [7, 11) is 0. The second kappa shape index (κ2) is 8.69. The number of carbonyl (C=O) groups excluding carboxylic acids is 3. The predicted molar refractivity (Wildman–Crippen MR) is 102 cm³/mol. The fourth-order valence-corrected chi connectivity index (χ4v) is 3.39. The summed E-state index contributed by atoms with van der Waals surface area (Å²) in [5.74, 6) is -2.19. The fourth-order valence-electron chi connectivity index (χ4n) is 3.39. The molecule has 0 radical (unpaired) electrons. The van der Waals surface area contributed by atoms with Crippen molar-refractivity contribution in [3.05, 3.63) is 71.8 Å². The molecule has 1 amide bonds. The van der Waals surface area contributed by atoms with Crippen molar-refractivity contribution in [1.82, 2.24) is 4.90 Å². The minimum absolute atomic E-state index is 0.103. The summed E-state index contributed by atoms with van der Waals surface area (Å²) in [5.41, 5.74) is 1.26. The van der Waals surface area contributed by atoms with Crippen molar-refractivity contribution < 1.29 is 23.9 Å². The summed E-state index contributed by atoms with van der Waals surface area (Å²) in [6, 6.07) is 17.2. The van der Waals surface area contributed by atoms with E-state index in [4.69, 9.17) is 9.47 Å². The topological polar surface area (TPSA) is 72.9 Å². The van der Waals surface area contributed by atoms with Gasteiger partial charge in [-0.25, -0.2) is 4.79 Å². The van der Waals surface area contributed by atoms with Gasteiger partial charge in [-0.2, -0.15) is 0 Å². The number of carbonyl (C=O) groups is 3. The van der Waals surface area contributed by atoms with Crippen LogP contribution in [0.1, 0.15) is 29.8 Å². The van der Waals surface area contributed by atoms with Gasteiger partial charge < -0.3 is 9.47 Å². The molecule has 0 unspecified atom stereocenters. The van der Waals surface area contributed by atoms with E-state index in [-0.39, 0.29) is 25.0 Å². The smallest absolute Gasteiger partial charge is 0.413 e. The van der Waals surface area contributed by atoms with Crippen LogP contribution in [-0.2, 0) is 20.9 Å². The van der Waals surface area contributed by atoms with Crippen LogP contribution in [0.5, 0.6) is 0 Å². The lowest BCUT2D eigenvalue weighted by atomic mass is 9.83. The molecule has 0 saturated carbocycles. The van der Waals surface area contributed by atoms with Crippen molar-refractivity contribution in [2.24, 2.45) is 11.8 Å². The third-order valence-electron chi connectivity index (χ3n) is 4.76. The highest BCUT2D eigenvalue weighted by molar-refractivity contribution is 6.09. The number of nitrogens with zero attached hydrogens (tertiary/aromatic N) is 1. The van der Waals surface area contributed by atoms with Crippen molar-refractivity contribution in [3.63, 3.8) is 0 Å². The van der Waals surface area contributed by atoms with E-state index >= 15 is 0 Å². The van der Waals surface area contributed by atoms with E-state index in [1.54, 1.807) is 30.3 Å². The van der Waals surface area contributed by atoms with Gasteiger partial charge >= 0.3 is 12.1 Å². The summed E-state index contributed by atoms with van der Waals surface area (Å²) < 4.78 is 10.6. The molecule has 0 spiro atoms. The first kappa shape index (κ1) is 19.6. The minimum Gasteiger partial charge on any atom is -0.444 e. The van der Waals surface area contributed by atoms with Gasteiger partial charge in [0, 0.05) is 5.56 Å². The molecule has 1 heterocycles. The molecule has 3 rings (SSSR count). The summed E-state index contributed by atoms with van der Waals surface area (Å²) in [4.78, 5) is 39.5. The Labute approximate surface area is 164 Å². The number of Topliss-reactive ketones (excluding diaryl/α,β-unsaturated/α-hetero) is 1. The zero-order chi connectivity index (χ0) is 20.1. The molecule has 2 aromatic rings. The molecule has 28 heavy (non-hydrogen) atoms. The zero-order valence-corrected chi connectivity index (χ0v) is 15.9. The maximum atomic E-state index is 13.0. The Morgan fingerprint density at radius 1 is 1.07 bits per heavy atom. The molecule has 1 saturated heterocycles. The number of rotatable bonds is 5. The van der Waals surface area contributed by atoms with Crippen LogP contribution in [0, 0.1) is 11.8 Å². The summed E-state index contributed by atoms with van der Waals surface area (Å²) in [6.07, 6.45) is -0.610. The maximum absolute atomic E-state index is 13.0. The highest BCUT2D eigenvalue weighted by Gasteiger charge is 2.47. The number of amides is 1. The van der Waals surface area contributed by atoms with Gasteiger partial charge in [0.1, 0.15) is 12.5 Å². The Morgan fingerprint density at radius 2 is 1.68 bits per heavy atom. The molecule has 0 bridgehead atoms. The lowest BCUT2D eigenvalue weighted by Gasteiger charge is -2.40. The van der Waals surface area contributed by atoms with E-state index in [2.05, 4.69) is 0 Å². The van der Waals surface area contributed by atoms with Crippen LogP contribution in [0.3, 0.4) is 0 Å². The number of hydrogen-bond acceptors (Lipinski definition) is 5. The molecule has 6 nitrogen and oxygen atoms in total. The van der Waals surface area contributed by atoms with Gasteiger partial charge in [-0.15, -0.1) is 0 Å². The normalized spacial score (nSPS) is 19.2. The van der Waals surface area contributed by atoms with Crippen LogP contribution < -0.4 is 0 Å².